The van der Waals surface area contributed by atoms with Gasteiger partial charge in [-0.3, -0.25) is 0 Å². The van der Waals surface area contributed by atoms with Gasteiger partial charge in [0.05, 0.1) is 19.9 Å². The van der Waals surface area contributed by atoms with Gasteiger partial charge in [0.15, 0.2) is 17.1 Å². The van der Waals surface area contributed by atoms with E-state index in [0.717, 1.165) is 16.9 Å². The van der Waals surface area contributed by atoms with E-state index in [1.54, 1.807) is 31.0 Å². The number of methoxy groups -OCH3 is 2. The first-order valence-electron chi connectivity index (χ1n) is 5.76. The number of rotatable bonds is 3. The Labute approximate surface area is 110 Å². The van der Waals surface area contributed by atoms with Crippen LogP contribution in [0.25, 0.3) is 16.9 Å². The van der Waals surface area contributed by atoms with Crippen molar-refractivity contribution in [2.45, 2.75) is 0 Å². The summed E-state index contributed by atoms with van der Waals surface area (Å²) in [5, 5.41) is 4.15. The molecular formula is C14H12N3O2. The van der Waals surface area contributed by atoms with Crippen LogP contribution in [0.3, 0.4) is 0 Å². The van der Waals surface area contributed by atoms with Gasteiger partial charge >= 0.3 is 0 Å². The molecule has 5 heteroatoms. The van der Waals surface area contributed by atoms with Gasteiger partial charge in [0.1, 0.15) is 6.20 Å². The van der Waals surface area contributed by atoms with Crippen molar-refractivity contribution in [1.29, 1.82) is 0 Å². The lowest BCUT2D eigenvalue weighted by atomic mass is 10.1. The molecule has 0 aliphatic heterocycles. The summed E-state index contributed by atoms with van der Waals surface area (Å²) in [5.74, 6) is 1.38. The third kappa shape index (κ3) is 1.89. The second-order valence-corrected chi connectivity index (χ2v) is 3.94. The van der Waals surface area contributed by atoms with Gasteiger partial charge in [0.2, 0.25) is 0 Å². The van der Waals surface area contributed by atoms with E-state index < -0.39 is 0 Å². The number of ether oxygens (including phenoxy) is 2. The fourth-order valence-electron chi connectivity index (χ4n) is 1.99. The molecule has 0 atom stereocenters. The van der Waals surface area contributed by atoms with Crippen LogP contribution in [0.5, 0.6) is 11.5 Å². The summed E-state index contributed by atoms with van der Waals surface area (Å²) in [5.41, 5.74) is 2.65. The van der Waals surface area contributed by atoms with Gasteiger partial charge in [0, 0.05) is 17.8 Å². The van der Waals surface area contributed by atoms with Crippen LogP contribution in [0.2, 0.25) is 0 Å². The van der Waals surface area contributed by atoms with E-state index >= 15 is 0 Å². The highest BCUT2D eigenvalue weighted by molar-refractivity contribution is 5.66. The second kappa shape index (κ2) is 4.61. The number of fused-ring (bicyclic) bond motifs is 1. The summed E-state index contributed by atoms with van der Waals surface area (Å²) >= 11 is 0. The quantitative estimate of drug-likeness (QED) is 0.719. The lowest BCUT2D eigenvalue weighted by Gasteiger charge is -2.10. The summed E-state index contributed by atoms with van der Waals surface area (Å²) in [6.07, 6.45) is 4.54. The fourth-order valence-corrected chi connectivity index (χ4v) is 1.99. The molecule has 5 nitrogen and oxygen atoms in total. The average Bonchev–Trinajstić information content (AvgIpc) is 2.94. The summed E-state index contributed by atoms with van der Waals surface area (Å²) in [6, 6.07) is 9.38. The van der Waals surface area contributed by atoms with Crippen molar-refractivity contribution in [3.8, 4) is 22.8 Å². The van der Waals surface area contributed by atoms with Crippen molar-refractivity contribution in [2.75, 3.05) is 14.2 Å². The number of hydrogen-bond acceptors (Lipinski definition) is 4. The lowest BCUT2D eigenvalue weighted by Crippen LogP contribution is -1.96. The molecule has 19 heavy (non-hydrogen) atoms. The van der Waals surface area contributed by atoms with Crippen LogP contribution in [-0.4, -0.2) is 28.8 Å². The average molecular weight is 254 g/mol. The zero-order valence-corrected chi connectivity index (χ0v) is 10.6. The Morgan fingerprint density at radius 2 is 1.95 bits per heavy atom. The van der Waals surface area contributed by atoms with Crippen molar-refractivity contribution in [3.05, 3.63) is 42.7 Å². The van der Waals surface area contributed by atoms with Gasteiger partial charge in [0.25, 0.3) is 0 Å². The molecule has 0 fully saturated rings. The van der Waals surface area contributed by atoms with Gasteiger partial charge in [-0.1, -0.05) is 0 Å². The summed E-state index contributed by atoms with van der Waals surface area (Å²) in [6.45, 7) is 0. The van der Waals surface area contributed by atoms with Gasteiger partial charge in [-0.15, -0.1) is 0 Å². The monoisotopic (exact) mass is 254 g/mol. The number of hydrogen-bond donors (Lipinski definition) is 0. The Balaban J connectivity index is 2.19. The van der Waals surface area contributed by atoms with E-state index in [1.807, 2.05) is 24.3 Å². The summed E-state index contributed by atoms with van der Waals surface area (Å²) < 4.78 is 12.3. The molecule has 0 saturated carbocycles. The van der Waals surface area contributed by atoms with Crippen molar-refractivity contribution >= 4 is 5.65 Å². The molecule has 2 heterocycles. The molecule has 0 saturated heterocycles. The predicted octanol–water partition coefficient (Wildman–Crippen LogP) is 2.21. The zero-order valence-electron chi connectivity index (χ0n) is 10.6. The molecule has 0 N–H and O–H groups in total. The van der Waals surface area contributed by atoms with E-state index in [4.69, 9.17) is 9.47 Å². The topological polar surface area (TPSA) is 48.7 Å². The lowest BCUT2D eigenvalue weighted by molar-refractivity contribution is 0.355. The minimum absolute atomic E-state index is 0.682. The molecule has 0 amide bonds. The normalized spacial score (nSPS) is 10.6. The second-order valence-electron chi connectivity index (χ2n) is 3.94. The van der Waals surface area contributed by atoms with Gasteiger partial charge in [-0.2, -0.15) is 5.10 Å². The van der Waals surface area contributed by atoms with Crippen molar-refractivity contribution in [2.24, 2.45) is 0 Å². The van der Waals surface area contributed by atoms with Crippen LogP contribution < -0.4 is 9.47 Å². The highest BCUT2D eigenvalue weighted by Crippen LogP contribution is 2.31. The van der Waals surface area contributed by atoms with Crippen LogP contribution in [-0.2, 0) is 0 Å². The largest absolute Gasteiger partial charge is 0.493 e. The number of aromatic nitrogens is 3. The Kier molecular flexibility index (Phi) is 2.79. The maximum absolute atomic E-state index is 5.31. The van der Waals surface area contributed by atoms with Crippen LogP contribution in [0.1, 0.15) is 0 Å². The van der Waals surface area contributed by atoms with Crippen LogP contribution >= 0.6 is 0 Å². The first kappa shape index (κ1) is 11.5. The Hall–Kier alpha value is -2.56. The van der Waals surface area contributed by atoms with Gasteiger partial charge < -0.3 is 9.47 Å². The molecule has 0 aliphatic rings. The van der Waals surface area contributed by atoms with E-state index in [-0.39, 0.29) is 0 Å². The molecule has 0 bridgehead atoms. The fraction of sp³-hybridized carbons (Fsp3) is 0.143. The molecule has 0 spiro atoms. The van der Waals surface area contributed by atoms with E-state index in [9.17, 15) is 0 Å². The number of nitrogens with zero attached hydrogens (tertiary/aromatic N) is 3. The first-order valence-corrected chi connectivity index (χ1v) is 5.76. The van der Waals surface area contributed by atoms with Gasteiger partial charge in [-0.25, -0.2) is 9.50 Å². The molecule has 95 valence electrons. The van der Waals surface area contributed by atoms with E-state index in [1.165, 1.54) is 0 Å². The maximum atomic E-state index is 5.31. The third-order valence-corrected chi connectivity index (χ3v) is 2.92. The maximum Gasteiger partial charge on any atom is 0.161 e. The molecule has 1 radical (unpaired) electrons. The zero-order chi connectivity index (χ0) is 13.2. The highest BCUT2D eigenvalue weighted by Gasteiger charge is 2.09. The molecule has 3 rings (SSSR count). The van der Waals surface area contributed by atoms with Gasteiger partial charge in [-0.05, 0) is 24.3 Å². The molecule has 0 aliphatic carbocycles. The predicted molar refractivity (Wildman–Crippen MR) is 70.4 cm³/mol. The SMILES string of the molecule is COc1ccc(-c2ccnc3c[c]nn23)cc1OC. The van der Waals surface area contributed by atoms with Crippen molar-refractivity contribution < 1.29 is 9.47 Å². The molecule has 2 aromatic heterocycles. The van der Waals surface area contributed by atoms with E-state index in [2.05, 4.69) is 16.3 Å². The highest BCUT2D eigenvalue weighted by atomic mass is 16.5. The number of benzene rings is 1. The first-order chi connectivity index (χ1) is 9.33. The summed E-state index contributed by atoms with van der Waals surface area (Å²) in [4.78, 5) is 4.22. The Morgan fingerprint density at radius 3 is 2.74 bits per heavy atom. The Bertz CT molecular complexity index is 722. The Morgan fingerprint density at radius 1 is 1.11 bits per heavy atom. The van der Waals surface area contributed by atoms with Crippen molar-refractivity contribution in [3.63, 3.8) is 0 Å². The van der Waals surface area contributed by atoms with Crippen LogP contribution in [0.15, 0.2) is 36.5 Å². The van der Waals surface area contributed by atoms with E-state index in [0.29, 0.717) is 11.5 Å². The standard InChI is InChI=1S/C14H12N3O2/c1-18-12-4-3-10(9-13(12)19-2)11-5-7-15-14-6-8-16-17(11)14/h3-7,9H,1-2H3. The smallest absolute Gasteiger partial charge is 0.161 e. The summed E-state index contributed by atoms with van der Waals surface area (Å²) in [7, 11) is 3.23. The molecule has 3 aromatic rings. The van der Waals surface area contributed by atoms with Crippen LogP contribution in [0.4, 0.5) is 0 Å². The minimum Gasteiger partial charge on any atom is -0.493 e. The van der Waals surface area contributed by atoms with Crippen LogP contribution in [0, 0.1) is 6.20 Å². The third-order valence-electron chi connectivity index (χ3n) is 2.92. The minimum atomic E-state index is 0.682. The van der Waals surface area contributed by atoms with Crippen molar-refractivity contribution in [1.82, 2.24) is 14.6 Å². The molecule has 0 unspecified atom stereocenters. The molecule has 1 aromatic carbocycles. The molecular weight excluding hydrogens is 242 g/mol.